The monoisotopic (exact) mass is 444 g/mol. The summed E-state index contributed by atoms with van der Waals surface area (Å²) in [7, 11) is 0. The minimum absolute atomic E-state index is 0.0202. The van der Waals surface area contributed by atoms with Crippen LogP contribution in [0.3, 0.4) is 0 Å². The number of amides is 4. The van der Waals surface area contributed by atoms with Crippen molar-refractivity contribution >= 4 is 23.6 Å². The molecule has 1 saturated heterocycles. The fraction of sp³-hybridized carbons (Fsp3) is 0.481. The van der Waals surface area contributed by atoms with E-state index in [1.807, 2.05) is 12.2 Å². The average molecular weight is 445 g/mol. The summed E-state index contributed by atoms with van der Waals surface area (Å²) in [4.78, 5) is 52.3. The van der Waals surface area contributed by atoms with Crippen molar-refractivity contribution in [2.45, 2.75) is 70.3 Å². The lowest BCUT2D eigenvalue weighted by molar-refractivity contribution is -0.140. The number of rotatable bonds is 4. The highest BCUT2D eigenvalue weighted by atomic mass is 16.2. The maximum atomic E-state index is 13.3. The first-order valence-electron chi connectivity index (χ1n) is 12.3. The molecular formula is C27H28N2O4. The molecule has 6 nitrogen and oxygen atoms in total. The van der Waals surface area contributed by atoms with Gasteiger partial charge in [-0.3, -0.25) is 29.4 Å². The van der Waals surface area contributed by atoms with Crippen LogP contribution in [0.2, 0.25) is 0 Å². The third-order valence-electron chi connectivity index (χ3n) is 8.75. The molecule has 5 aliphatic rings. The summed E-state index contributed by atoms with van der Waals surface area (Å²) < 4.78 is 0. The van der Waals surface area contributed by atoms with E-state index >= 15 is 0 Å². The standard InChI is InChI=1S/C27H28N2O4/c1-3-13(4-2)14-5-7-15(8-6-14)29-26(32)22-11-18-16-9-20-21(25(31)28-24(20)30)10-17(16)19(18)12-23(22)27(29)33/h9-15,18-19H,3-8H2,1-2H3,(H,28,30,31)/t14?,15?,18-,19?/m0/s1. The van der Waals surface area contributed by atoms with Crippen LogP contribution in [0.25, 0.3) is 0 Å². The van der Waals surface area contributed by atoms with Crippen LogP contribution in [0.4, 0.5) is 0 Å². The Bertz CT molecular complexity index is 1110. The maximum Gasteiger partial charge on any atom is 0.261 e. The number of nitrogens with zero attached hydrogens (tertiary/aromatic N) is 1. The number of carbonyl (C=O) groups excluding carboxylic acids is 4. The van der Waals surface area contributed by atoms with E-state index in [0.29, 0.717) is 28.2 Å². The molecule has 0 radical (unpaired) electrons. The summed E-state index contributed by atoms with van der Waals surface area (Å²) in [6.45, 7) is 4.50. The van der Waals surface area contributed by atoms with Gasteiger partial charge in [0.25, 0.3) is 23.6 Å². The molecule has 6 rings (SSSR count). The number of hydrogen-bond acceptors (Lipinski definition) is 4. The van der Waals surface area contributed by atoms with Crippen LogP contribution >= 0.6 is 0 Å². The predicted molar refractivity (Wildman–Crippen MR) is 122 cm³/mol. The second kappa shape index (κ2) is 7.24. The Balaban J connectivity index is 1.26. The van der Waals surface area contributed by atoms with E-state index in [1.54, 1.807) is 12.1 Å². The van der Waals surface area contributed by atoms with E-state index in [4.69, 9.17) is 0 Å². The highest BCUT2D eigenvalue weighted by molar-refractivity contribution is 6.25. The predicted octanol–water partition coefficient (Wildman–Crippen LogP) is 3.98. The smallest absolute Gasteiger partial charge is 0.261 e. The van der Waals surface area contributed by atoms with Crippen LogP contribution in [0.5, 0.6) is 0 Å². The first kappa shape index (κ1) is 20.6. The Morgan fingerprint density at radius 2 is 1.30 bits per heavy atom. The molecule has 0 aromatic heterocycles. The van der Waals surface area contributed by atoms with Crippen molar-refractivity contribution in [3.8, 4) is 0 Å². The van der Waals surface area contributed by atoms with Crippen molar-refractivity contribution in [3.05, 3.63) is 57.7 Å². The number of carbonyl (C=O) groups is 4. The van der Waals surface area contributed by atoms with Gasteiger partial charge < -0.3 is 0 Å². The van der Waals surface area contributed by atoms with Crippen molar-refractivity contribution in [2.24, 2.45) is 11.8 Å². The van der Waals surface area contributed by atoms with Crippen molar-refractivity contribution < 1.29 is 19.2 Å². The molecule has 1 aromatic carbocycles. The molecular weight excluding hydrogens is 416 g/mol. The van der Waals surface area contributed by atoms with Crippen molar-refractivity contribution in [2.75, 3.05) is 0 Å². The number of hydrogen-bond donors (Lipinski definition) is 1. The molecule has 2 atom stereocenters. The van der Waals surface area contributed by atoms with Gasteiger partial charge in [0.2, 0.25) is 0 Å². The lowest BCUT2D eigenvalue weighted by Gasteiger charge is -2.39. The molecule has 170 valence electrons. The summed E-state index contributed by atoms with van der Waals surface area (Å²) in [6.07, 6.45) is 10.1. The first-order chi connectivity index (χ1) is 15.9. The normalized spacial score (nSPS) is 29.7. The van der Waals surface area contributed by atoms with Gasteiger partial charge >= 0.3 is 0 Å². The summed E-state index contributed by atoms with van der Waals surface area (Å²) in [6, 6.07) is 3.54. The zero-order valence-electron chi connectivity index (χ0n) is 19.0. The highest BCUT2D eigenvalue weighted by Gasteiger charge is 2.49. The van der Waals surface area contributed by atoms with Gasteiger partial charge in [-0.05, 0) is 60.8 Å². The molecule has 33 heavy (non-hydrogen) atoms. The maximum absolute atomic E-state index is 13.3. The number of fused-ring (bicyclic) bond motifs is 6. The van der Waals surface area contributed by atoms with Gasteiger partial charge in [-0.2, -0.15) is 0 Å². The van der Waals surface area contributed by atoms with Crippen LogP contribution < -0.4 is 5.32 Å². The van der Waals surface area contributed by atoms with Gasteiger partial charge in [0.15, 0.2) is 0 Å². The van der Waals surface area contributed by atoms with Crippen molar-refractivity contribution in [3.63, 3.8) is 0 Å². The minimum atomic E-state index is -0.372. The van der Waals surface area contributed by atoms with E-state index in [2.05, 4.69) is 19.2 Å². The Kier molecular flexibility index (Phi) is 4.51. The lowest BCUT2D eigenvalue weighted by atomic mass is 9.63. The second-order valence-corrected chi connectivity index (χ2v) is 10.1. The molecule has 2 fully saturated rings. The second-order valence-electron chi connectivity index (χ2n) is 10.1. The van der Waals surface area contributed by atoms with Crippen LogP contribution in [-0.2, 0) is 9.59 Å². The average Bonchev–Trinajstić information content (AvgIpc) is 3.23. The molecule has 4 amide bonds. The van der Waals surface area contributed by atoms with E-state index in [0.717, 1.165) is 42.7 Å². The Morgan fingerprint density at radius 3 is 1.76 bits per heavy atom. The zero-order chi connectivity index (χ0) is 23.0. The molecule has 1 N–H and O–H groups in total. The Morgan fingerprint density at radius 1 is 0.818 bits per heavy atom. The molecule has 1 unspecified atom stereocenters. The highest BCUT2D eigenvalue weighted by Crippen LogP contribution is 2.54. The number of likely N-dealkylation sites (tertiary alicyclic amines) is 1. The molecule has 1 saturated carbocycles. The lowest BCUT2D eigenvalue weighted by Crippen LogP contribution is -2.42. The van der Waals surface area contributed by atoms with E-state index in [9.17, 15) is 19.2 Å². The molecule has 0 spiro atoms. The number of nitrogens with one attached hydrogen (secondary N) is 1. The largest absolute Gasteiger partial charge is 0.288 e. The third-order valence-corrected chi connectivity index (χ3v) is 8.75. The summed E-state index contributed by atoms with van der Waals surface area (Å²) in [5.74, 6) is 0.276. The topological polar surface area (TPSA) is 83.6 Å². The fourth-order valence-corrected chi connectivity index (χ4v) is 6.88. The molecule has 2 aliphatic heterocycles. The molecule has 1 aromatic rings. The zero-order valence-corrected chi connectivity index (χ0v) is 19.0. The van der Waals surface area contributed by atoms with Crippen molar-refractivity contribution in [1.29, 1.82) is 0 Å². The number of imide groups is 2. The minimum Gasteiger partial charge on any atom is -0.288 e. The first-order valence-corrected chi connectivity index (χ1v) is 12.3. The summed E-state index contributed by atoms with van der Waals surface area (Å²) in [5, 5.41) is 2.34. The molecule has 6 heteroatoms. The quantitative estimate of drug-likeness (QED) is 0.712. The SMILES string of the molecule is CCC(CC)C1CCC(N2C(=O)C3=CC4c5cc6c(cc5[C@@H]4C=C3C2=O)C(=O)NC6=O)CC1. The number of allylic oxidation sites excluding steroid dienone is 2. The third kappa shape index (κ3) is 2.79. The molecule has 0 bridgehead atoms. The van der Waals surface area contributed by atoms with E-state index in [1.165, 1.54) is 17.7 Å². The van der Waals surface area contributed by atoms with Gasteiger partial charge in [-0.1, -0.05) is 38.8 Å². The van der Waals surface area contributed by atoms with E-state index < -0.39 is 0 Å². The summed E-state index contributed by atoms with van der Waals surface area (Å²) in [5.41, 5.74) is 3.75. The van der Waals surface area contributed by atoms with Crippen LogP contribution in [0.1, 0.15) is 96.1 Å². The van der Waals surface area contributed by atoms with Gasteiger partial charge in [-0.15, -0.1) is 0 Å². The van der Waals surface area contributed by atoms with Crippen molar-refractivity contribution in [1.82, 2.24) is 10.2 Å². The van der Waals surface area contributed by atoms with E-state index in [-0.39, 0.29) is 41.5 Å². The van der Waals surface area contributed by atoms with Gasteiger partial charge in [0.05, 0.1) is 11.1 Å². The van der Waals surface area contributed by atoms with Gasteiger partial charge in [0, 0.05) is 29.0 Å². The van der Waals surface area contributed by atoms with Gasteiger partial charge in [-0.25, -0.2) is 0 Å². The Labute approximate surface area is 193 Å². The molecule has 3 aliphatic carbocycles. The number of benzene rings is 1. The Hall–Kier alpha value is -3.02. The fourth-order valence-electron chi connectivity index (χ4n) is 6.88. The van der Waals surface area contributed by atoms with Crippen LogP contribution in [0, 0.1) is 11.8 Å². The van der Waals surface area contributed by atoms with Gasteiger partial charge in [0.1, 0.15) is 0 Å². The van der Waals surface area contributed by atoms with Crippen LogP contribution in [-0.4, -0.2) is 34.6 Å². The summed E-state index contributed by atoms with van der Waals surface area (Å²) >= 11 is 0. The van der Waals surface area contributed by atoms with Crippen LogP contribution in [0.15, 0.2) is 35.4 Å². The molecule has 2 heterocycles.